The summed E-state index contributed by atoms with van der Waals surface area (Å²) < 4.78 is 7.46. The summed E-state index contributed by atoms with van der Waals surface area (Å²) in [5.41, 5.74) is 1.50. The van der Waals surface area contributed by atoms with E-state index < -0.39 is 0 Å². The molecule has 32 heavy (non-hydrogen) atoms. The number of hydrogen-bond acceptors (Lipinski definition) is 7. The van der Waals surface area contributed by atoms with Gasteiger partial charge in [0, 0.05) is 50.0 Å². The van der Waals surface area contributed by atoms with E-state index in [1.807, 2.05) is 30.0 Å². The number of likely N-dealkylation sites (tertiary alicyclic amines) is 1. The van der Waals surface area contributed by atoms with Crippen LogP contribution in [0.5, 0.6) is 0 Å². The van der Waals surface area contributed by atoms with Crippen molar-refractivity contribution in [1.29, 1.82) is 0 Å². The molecule has 1 amide bonds. The first-order chi connectivity index (χ1) is 15.7. The van der Waals surface area contributed by atoms with Crippen LogP contribution < -0.4 is 0 Å². The van der Waals surface area contributed by atoms with E-state index in [1.165, 1.54) is 31.0 Å². The summed E-state index contributed by atoms with van der Waals surface area (Å²) in [5, 5.41) is 13.8. The number of fused-ring (bicyclic) bond motifs is 1. The third-order valence-electron chi connectivity index (χ3n) is 6.25. The zero-order valence-electron chi connectivity index (χ0n) is 18.4. The second-order valence-corrected chi connectivity index (χ2v) is 9.56. The van der Waals surface area contributed by atoms with Gasteiger partial charge in [0.15, 0.2) is 0 Å². The number of aryl methyl sites for hydroxylation is 2. The number of rotatable bonds is 5. The lowest BCUT2D eigenvalue weighted by Crippen LogP contribution is -2.40. The van der Waals surface area contributed by atoms with Gasteiger partial charge in [0.2, 0.25) is 0 Å². The molecule has 0 spiro atoms. The second kappa shape index (κ2) is 9.44. The average Bonchev–Trinajstić information content (AvgIpc) is 3.36. The maximum atomic E-state index is 13.5. The summed E-state index contributed by atoms with van der Waals surface area (Å²) in [6.07, 6.45) is 8.36. The Morgan fingerprint density at radius 2 is 2.16 bits per heavy atom. The van der Waals surface area contributed by atoms with Gasteiger partial charge in [-0.3, -0.25) is 4.79 Å². The topological polar surface area (TPSA) is 89.9 Å². The van der Waals surface area contributed by atoms with E-state index in [2.05, 4.69) is 24.9 Å². The third kappa shape index (κ3) is 4.44. The predicted octanol–water partition coefficient (Wildman–Crippen LogP) is 4.01. The van der Waals surface area contributed by atoms with E-state index in [9.17, 15) is 4.79 Å². The highest BCUT2D eigenvalue weighted by molar-refractivity contribution is 7.98. The number of thioether (sulfide) groups is 1. The first-order valence-electron chi connectivity index (χ1n) is 11.4. The molecule has 0 aromatic carbocycles. The molecule has 0 bridgehead atoms. The Labute approximate surface area is 191 Å². The first-order valence-corrected chi connectivity index (χ1v) is 12.4. The summed E-state index contributed by atoms with van der Waals surface area (Å²) in [4.78, 5) is 19.9. The summed E-state index contributed by atoms with van der Waals surface area (Å²) >= 11 is 1.52. The smallest absolute Gasteiger partial charge is 0.256 e. The van der Waals surface area contributed by atoms with Crippen molar-refractivity contribution in [2.45, 2.75) is 68.7 Å². The number of pyridine rings is 1. The second-order valence-electron chi connectivity index (χ2n) is 8.60. The maximum absolute atomic E-state index is 13.5. The van der Waals surface area contributed by atoms with Crippen molar-refractivity contribution in [3.05, 3.63) is 53.1 Å². The molecular formula is C23H28N6O2S. The molecule has 1 atom stereocenters. The SMILES string of the molecule is Cc1cc(CSc2ncccc2C(=O)N2CCCC(c3nnc4n3CCCCC4)C2)no1. The van der Waals surface area contributed by atoms with Crippen molar-refractivity contribution >= 4 is 17.7 Å². The molecule has 1 unspecified atom stereocenters. The van der Waals surface area contributed by atoms with E-state index in [0.29, 0.717) is 17.9 Å². The van der Waals surface area contributed by atoms with Crippen LogP contribution in [0.25, 0.3) is 0 Å². The van der Waals surface area contributed by atoms with Crippen molar-refractivity contribution in [3.8, 4) is 0 Å². The monoisotopic (exact) mass is 452 g/mol. The Morgan fingerprint density at radius 1 is 1.22 bits per heavy atom. The lowest BCUT2D eigenvalue weighted by atomic mass is 9.96. The third-order valence-corrected chi connectivity index (χ3v) is 7.29. The van der Waals surface area contributed by atoms with E-state index >= 15 is 0 Å². The largest absolute Gasteiger partial charge is 0.361 e. The molecular weight excluding hydrogens is 424 g/mol. The summed E-state index contributed by atoms with van der Waals surface area (Å²) in [5.74, 6) is 3.83. The van der Waals surface area contributed by atoms with Gasteiger partial charge in [-0.2, -0.15) is 0 Å². The van der Waals surface area contributed by atoms with Crippen LogP contribution in [0.2, 0.25) is 0 Å². The number of amides is 1. The molecule has 5 rings (SSSR count). The minimum Gasteiger partial charge on any atom is -0.361 e. The summed E-state index contributed by atoms with van der Waals surface area (Å²) in [6, 6.07) is 5.62. The van der Waals surface area contributed by atoms with Crippen LogP contribution in [-0.4, -0.2) is 48.8 Å². The van der Waals surface area contributed by atoms with Gasteiger partial charge < -0.3 is 14.0 Å². The molecule has 1 fully saturated rings. The summed E-state index contributed by atoms with van der Waals surface area (Å²) in [6.45, 7) is 4.31. The molecule has 5 heterocycles. The van der Waals surface area contributed by atoms with Gasteiger partial charge in [0.25, 0.3) is 5.91 Å². The number of piperidine rings is 1. The average molecular weight is 453 g/mol. The van der Waals surface area contributed by atoms with Crippen LogP contribution in [0, 0.1) is 6.92 Å². The zero-order chi connectivity index (χ0) is 21.9. The van der Waals surface area contributed by atoms with Crippen LogP contribution in [0.1, 0.15) is 71.5 Å². The summed E-state index contributed by atoms with van der Waals surface area (Å²) in [7, 11) is 0. The number of carbonyl (C=O) groups excluding carboxylic acids is 1. The van der Waals surface area contributed by atoms with Crippen molar-refractivity contribution < 1.29 is 9.32 Å². The maximum Gasteiger partial charge on any atom is 0.256 e. The van der Waals surface area contributed by atoms with E-state index in [4.69, 9.17) is 4.52 Å². The Morgan fingerprint density at radius 3 is 3.03 bits per heavy atom. The highest BCUT2D eigenvalue weighted by Gasteiger charge is 2.31. The Kier molecular flexibility index (Phi) is 6.25. The number of hydrogen-bond donors (Lipinski definition) is 0. The van der Waals surface area contributed by atoms with Gasteiger partial charge in [-0.25, -0.2) is 4.98 Å². The number of carbonyl (C=O) groups is 1. The van der Waals surface area contributed by atoms with Crippen LogP contribution in [0.3, 0.4) is 0 Å². The molecule has 2 aliphatic rings. The number of aromatic nitrogens is 5. The molecule has 0 saturated carbocycles. The van der Waals surface area contributed by atoms with Crippen LogP contribution in [0.15, 0.2) is 33.9 Å². The molecule has 3 aromatic heterocycles. The van der Waals surface area contributed by atoms with Crippen LogP contribution in [-0.2, 0) is 18.7 Å². The first kappa shape index (κ1) is 21.2. The van der Waals surface area contributed by atoms with E-state index in [-0.39, 0.29) is 11.8 Å². The zero-order valence-corrected chi connectivity index (χ0v) is 19.2. The molecule has 0 aliphatic carbocycles. The minimum atomic E-state index is 0.0391. The fourth-order valence-electron chi connectivity index (χ4n) is 4.65. The standard InChI is InChI=1S/C23H28N6O2S/c1-16-13-18(27-31-16)15-32-22-19(8-5-10-24-22)23(30)28-11-6-7-17(14-28)21-26-25-20-9-3-2-4-12-29(20)21/h5,8,10,13,17H,2-4,6-7,9,11-12,14-15H2,1H3. The fraction of sp³-hybridized carbons (Fsp3) is 0.522. The molecule has 2 aliphatic heterocycles. The fourth-order valence-corrected chi connectivity index (χ4v) is 5.52. The number of nitrogens with zero attached hydrogens (tertiary/aromatic N) is 6. The lowest BCUT2D eigenvalue weighted by Gasteiger charge is -2.32. The Bertz CT molecular complexity index is 1090. The normalized spacial score (nSPS) is 18.9. The van der Waals surface area contributed by atoms with Gasteiger partial charge in [-0.15, -0.1) is 10.2 Å². The predicted molar refractivity (Wildman–Crippen MR) is 120 cm³/mol. The van der Waals surface area contributed by atoms with Crippen LogP contribution >= 0.6 is 11.8 Å². The van der Waals surface area contributed by atoms with E-state index in [1.54, 1.807) is 6.20 Å². The van der Waals surface area contributed by atoms with Gasteiger partial charge >= 0.3 is 0 Å². The Balaban J connectivity index is 1.31. The van der Waals surface area contributed by atoms with E-state index in [0.717, 1.165) is 60.5 Å². The molecule has 1 saturated heterocycles. The van der Waals surface area contributed by atoms with Crippen LogP contribution in [0.4, 0.5) is 0 Å². The van der Waals surface area contributed by atoms with Crippen molar-refractivity contribution in [2.24, 2.45) is 0 Å². The van der Waals surface area contributed by atoms with Gasteiger partial charge in [-0.1, -0.05) is 23.3 Å². The highest BCUT2D eigenvalue weighted by atomic mass is 32.2. The molecule has 9 heteroatoms. The molecule has 0 radical (unpaired) electrons. The molecule has 0 N–H and O–H groups in total. The van der Waals surface area contributed by atoms with Crippen molar-refractivity contribution in [3.63, 3.8) is 0 Å². The van der Waals surface area contributed by atoms with Crippen molar-refractivity contribution in [1.82, 2.24) is 29.8 Å². The van der Waals surface area contributed by atoms with Gasteiger partial charge in [-0.05, 0) is 44.7 Å². The molecule has 8 nitrogen and oxygen atoms in total. The highest BCUT2D eigenvalue weighted by Crippen LogP contribution is 2.30. The quantitative estimate of drug-likeness (QED) is 0.540. The van der Waals surface area contributed by atoms with Gasteiger partial charge in [0.1, 0.15) is 22.4 Å². The molecule has 168 valence electrons. The van der Waals surface area contributed by atoms with Crippen molar-refractivity contribution in [2.75, 3.05) is 13.1 Å². The minimum absolute atomic E-state index is 0.0391. The lowest BCUT2D eigenvalue weighted by molar-refractivity contribution is 0.0698. The Hall–Kier alpha value is -2.68. The molecule has 3 aromatic rings. The van der Waals surface area contributed by atoms with Gasteiger partial charge in [0.05, 0.1) is 11.3 Å².